The van der Waals surface area contributed by atoms with Gasteiger partial charge in [-0.3, -0.25) is 14.5 Å². The summed E-state index contributed by atoms with van der Waals surface area (Å²) in [7, 11) is 1.80. The van der Waals surface area contributed by atoms with Crippen LogP contribution in [0, 0.1) is 5.92 Å². The monoisotopic (exact) mass is 589 g/mol. The number of rotatable bonds is 7. The quantitative estimate of drug-likeness (QED) is 0.507. The van der Waals surface area contributed by atoms with E-state index in [1.165, 1.54) is 30.5 Å². The third-order valence-corrected chi connectivity index (χ3v) is 9.00. The van der Waals surface area contributed by atoms with Crippen LogP contribution in [0.3, 0.4) is 0 Å². The zero-order chi connectivity index (χ0) is 24.4. The number of anilines is 1. The van der Waals surface area contributed by atoms with Crippen LogP contribution in [-0.2, 0) is 16.0 Å². The fourth-order valence-electron chi connectivity index (χ4n) is 6.80. The molecule has 1 saturated carbocycles. The lowest BCUT2D eigenvalue weighted by Gasteiger charge is -2.47. The number of nitrogens with zero attached hydrogens (tertiary/aromatic N) is 3. The Bertz CT molecular complexity index is 916. The number of benzene rings is 1. The molecule has 4 aliphatic rings. The van der Waals surface area contributed by atoms with Crippen molar-refractivity contribution in [2.45, 2.75) is 82.5 Å². The number of carbonyl (C=O) groups excluding carboxylic acids is 2. The molecule has 1 aliphatic carbocycles. The van der Waals surface area contributed by atoms with Gasteiger partial charge in [0.1, 0.15) is 6.04 Å². The lowest BCUT2D eigenvalue weighted by molar-refractivity contribution is -0.143. The summed E-state index contributed by atoms with van der Waals surface area (Å²) < 4.78 is 0. The molecule has 2 N–H and O–H groups in total. The average Bonchev–Trinajstić information content (AvgIpc) is 3.53. The first kappa shape index (κ1) is 33.0. The van der Waals surface area contributed by atoms with Gasteiger partial charge in [-0.05, 0) is 70.2 Å². The van der Waals surface area contributed by atoms with Crippen LogP contribution in [0.2, 0.25) is 0 Å². The minimum atomic E-state index is -0.417. The summed E-state index contributed by atoms with van der Waals surface area (Å²) in [5.74, 6) is 0.317. The lowest BCUT2D eigenvalue weighted by atomic mass is 9.82. The molecule has 0 spiro atoms. The fourth-order valence-corrected chi connectivity index (χ4v) is 6.80. The number of para-hydroxylation sites is 1. The second-order valence-electron chi connectivity index (χ2n) is 11.2. The van der Waals surface area contributed by atoms with Crippen molar-refractivity contribution in [3.05, 3.63) is 29.8 Å². The molecule has 0 unspecified atom stereocenters. The highest BCUT2D eigenvalue weighted by Crippen LogP contribution is 2.33. The summed E-state index contributed by atoms with van der Waals surface area (Å²) >= 11 is 0. The van der Waals surface area contributed by atoms with E-state index in [2.05, 4.69) is 49.6 Å². The zero-order valence-corrected chi connectivity index (χ0v) is 25.2. The van der Waals surface area contributed by atoms with Crippen molar-refractivity contribution < 1.29 is 9.59 Å². The Morgan fingerprint density at radius 3 is 2.45 bits per heavy atom. The molecule has 3 aliphatic heterocycles. The van der Waals surface area contributed by atoms with Crippen LogP contribution in [0.15, 0.2) is 24.3 Å². The van der Waals surface area contributed by atoms with E-state index in [9.17, 15) is 9.59 Å². The zero-order valence-electron chi connectivity index (χ0n) is 22.8. The van der Waals surface area contributed by atoms with E-state index in [1.54, 1.807) is 7.05 Å². The number of piperazine rings is 1. The number of hydrogen-bond acceptors (Lipinski definition) is 5. The van der Waals surface area contributed by atoms with E-state index in [4.69, 9.17) is 0 Å². The highest BCUT2D eigenvalue weighted by atomic mass is 35.5. The standard InChI is InChI=1S/C28H43N5O2.3ClH/c1-20(29-2)27(34)30-26(22-10-4-3-5-11-22)28(35)33-19-23-12-8-15-31(23)17-24(33)18-32-16-14-21-9-6-7-13-25(21)32;;;/h6-7,9,13,20,22-24,26,29H,3-5,8,10-12,14-19H2,1-2H3,(H,30,34);3*1H/t20-,23+,24-,26-;;;/m0.../s1. The lowest BCUT2D eigenvalue weighted by Crippen LogP contribution is -2.65. The molecule has 0 radical (unpaired) electrons. The van der Waals surface area contributed by atoms with Crippen LogP contribution in [0.25, 0.3) is 0 Å². The molecule has 3 heterocycles. The van der Waals surface area contributed by atoms with E-state index in [0.29, 0.717) is 6.04 Å². The molecule has 3 fully saturated rings. The van der Waals surface area contributed by atoms with E-state index in [-0.39, 0.29) is 67.0 Å². The maximum absolute atomic E-state index is 14.3. The molecule has 216 valence electrons. The molecule has 1 aromatic carbocycles. The highest BCUT2D eigenvalue weighted by Gasteiger charge is 2.43. The van der Waals surface area contributed by atoms with Gasteiger partial charge in [-0.25, -0.2) is 0 Å². The predicted octanol–water partition coefficient (Wildman–Crippen LogP) is 3.66. The number of likely N-dealkylation sites (N-methyl/N-ethyl adjacent to an activating group) is 1. The molecule has 0 bridgehead atoms. The molecule has 5 rings (SSSR count). The number of fused-ring (bicyclic) bond motifs is 2. The summed E-state index contributed by atoms with van der Waals surface area (Å²) in [5, 5.41) is 6.24. The van der Waals surface area contributed by atoms with E-state index >= 15 is 0 Å². The average molecular weight is 591 g/mol. The number of halogens is 3. The third-order valence-electron chi connectivity index (χ3n) is 9.00. The van der Waals surface area contributed by atoms with Crippen molar-refractivity contribution >= 4 is 54.7 Å². The van der Waals surface area contributed by atoms with E-state index in [1.807, 2.05) is 6.92 Å². The minimum Gasteiger partial charge on any atom is -0.369 e. The molecular formula is C28H46Cl3N5O2. The normalized spacial score (nSPS) is 24.7. The summed E-state index contributed by atoms with van der Waals surface area (Å²) in [6, 6.07) is 8.57. The molecule has 2 saturated heterocycles. The van der Waals surface area contributed by atoms with Gasteiger partial charge in [-0.15, -0.1) is 37.2 Å². The topological polar surface area (TPSA) is 67.9 Å². The van der Waals surface area contributed by atoms with Crippen molar-refractivity contribution in [1.82, 2.24) is 20.4 Å². The Labute approximate surface area is 247 Å². The SMILES string of the molecule is CN[C@@H](C)C(=O)N[C@H](C(=O)N1C[C@H]2CCCN2C[C@H]1CN1CCc2ccccc21)C1CCCCC1.Cl.Cl.Cl. The molecular weight excluding hydrogens is 545 g/mol. The van der Waals surface area contributed by atoms with Crippen LogP contribution in [-0.4, -0.2) is 85.6 Å². The number of hydrogen-bond donors (Lipinski definition) is 2. The first-order chi connectivity index (χ1) is 17.0. The first-order valence-electron chi connectivity index (χ1n) is 13.9. The summed E-state index contributed by atoms with van der Waals surface area (Å²) in [6.45, 7) is 6.62. The minimum absolute atomic E-state index is 0. The van der Waals surface area contributed by atoms with Gasteiger partial charge < -0.3 is 20.4 Å². The first-order valence-corrected chi connectivity index (χ1v) is 13.9. The molecule has 7 nitrogen and oxygen atoms in total. The number of carbonyl (C=O) groups is 2. The van der Waals surface area contributed by atoms with Crippen LogP contribution in [0.1, 0.15) is 57.4 Å². The van der Waals surface area contributed by atoms with Crippen LogP contribution >= 0.6 is 37.2 Å². The van der Waals surface area contributed by atoms with Crippen molar-refractivity contribution in [2.75, 3.05) is 44.7 Å². The summed E-state index contributed by atoms with van der Waals surface area (Å²) in [5.41, 5.74) is 2.73. The highest BCUT2D eigenvalue weighted by molar-refractivity contribution is 5.90. The van der Waals surface area contributed by atoms with Gasteiger partial charge in [0.05, 0.1) is 12.1 Å². The van der Waals surface area contributed by atoms with Gasteiger partial charge in [0, 0.05) is 37.9 Å². The van der Waals surface area contributed by atoms with E-state index in [0.717, 1.165) is 64.8 Å². The van der Waals surface area contributed by atoms with Crippen molar-refractivity contribution in [3.63, 3.8) is 0 Å². The van der Waals surface area contributed by atoms with Gasteiger partial charge in [0.15, 0.2) is 0 Å². The van der Waals surface area contributed by atoms with Gasteiger partial charge in [0.25, 0.3) is 0 Å². The van der Waals surface area contributed by atoms with Gasteiger partial charge in [0.2, 0.25) is 11.8 Å². The predicted molar refractivity (Wildman–Crippen MR) is 161 cm³/mol. The third kappa shape index (κ3) is 7.08. The Kier molecular flexibility index (Phi) is 13.0. The molecule has 2 amide bonds. The molecule has 38 heavy (non-hydrogen) atoms. The van der Waals surface area contributed by atoms with Crippen LogP contribution in [0.4, 0.5) is 5.69 Å². The Hall–Kier alpha value is -1.25. The Balaban J connectivity index is 0.00000169. The molecule has 10 heteroatoms. The number of amides is 2. The van der Waals surface area contributed by atoms with Crippen LogP contribution in [0.5, 0.6) is 0 Å². The summed E-state index contributed by atoms with van der Waals surface area (Å²) in [6.07, 6.45) is 9.04. The van der Waals surface area contributed by atoms with Gasteiger partial charge in [-0.1, -0.05) is 37.5 Å². The largest absolute Gasteiger partial charge is 0.369 e. The van der Waals surface area contributed by atoms with Gasteiger partial charge >= 0.3 is 0 Å². The molecule has 4 atom stereocenters. The Morgan fingerprint density at radius 1 is 0.974 bits per heavy atom. The van der Waals surface area contributed by atoms with Crippen molar-refractivity contribution in [3.8, 4) is 0 Å². The fraction of sp³-hybridized carbons (Fsp3) is 0.714. The smallest absolute Gasteiger partial charge is 0.245 e. The van der Waals surface area contributed by atoms with Crippen LogP contribution < -0.4 is 15.5 Å². The Morgan fingerprint density at radius 2 is 1.71 bits per heavy atom. The van der Waals surface area contributed by atoms with E-state index < -0.39 is 6.04 Å². The second-order valence-corrected chi connectivity index (χ2v) is 11.2. The maximum Gasteiger partial charge on any atom is 0.245 e. The van der Waals surface area contributed by atoms with Crippen molar-refractivity contribution in [2.24, 2.45) is 5.92 Å². The summed E-state index contributed by atoms with van der Waals surface area (Å²) in [4.78, 5) is 34.5. The second kappa shape index (κ2) is 14.9. The van der Waals surface area contributed by atoms with Gasteiger partial charge in [-0.2, -0.15) is 0 Å². The maximum atomic E-state index is 14.3. The molecule has 1 aromatic rings. The van der Waals surface area contributed by atoms with Crippen molar-refractivity contribution in [1.29, 1.82) is 0 Å². The number of nitrogens with one attached hydrogen (secondary N) is 2. The molecule has 0 aromatic heterocycles.